The van der Waals surface area contributed by atoms with Crippen LogP contribution in [0.2, 0.25) is 0 Å². The van der Waals surface area contributed by atoms with Gasteiger partial charge < -0.3 is 15.1 Å². The van der Waals surface area contributed by atoms with Crippen molar-refractivity contribution in [3.63, 3.8) is 0 Å². The molecule has 6 nitrogen and oxygen atoms in total. The van der Waals surface area contributed by atoms with Gasteiger partial charge in [-0.3, -0.25) is 9.69 Å². The molecule has 2 aliphatic heterocycles. The minimum atomic E-state index is 0.0560. The predicted octanol–water partition coefficient (Wildman–Crippen LogP) is 1.96. The van der Waals surface area contributed by atoms with Crippen molar-refractivity contribution in [3.05, 3.63) is 35.9 Å². The van der Waals surface area contributed by atoms with Crippen molar-refractivity contribution in [3.8, 4) is 0 Å². The van der Waals surface area contributed by atoms with Gasteiger partial charge in [-0.15, -0.1) is 0 Å². The first-order valence-corrected chi connectivity index (χ1v) is 10.8. The average Bonchev–Trinajstić information content (AvgIpc) is 3.57. The van der Waals surface area contributed by atoms with Crippen molar-refractivity contribution in [2.45, 2.75) is 38.1 Å². The number of benzene rings is 1. The molecule has 3 amide bonds. The van der Waals surface area contributed by atoms with Crippen molar-refractivity contribution in [1.82, 2.24) is 20.0 Å². The van der Waals surface area contributed by atoms with Crippen molar-refractivity contribution in [1.29, 1.82) is 0 Å². The largest absolute Gasteiger partial charge is 0.340 e. The molecule has 0 aromatic heterocycles. The number of amides is 3. The van der Waals surface area contributed by atoms with Crippen LogP contribution < -0.4 is 5.32 Å². The van der Waals surface area contributed by atoms with Crippen LogP contribution in [0.1, 0.15) is 31.2 Å². The lowest BCUT2D eigenvalue weighted by molar-refractivity contribution is -0.138. The zero-order chi connectivity index (χ0) is 19.3. The van der Waals surface area contributed by atoms with E-state index >= 15 is 0 Å². The summed E-state index contributed by atoms with van der Waals surface area (Å²) < 4.78 is 0. The lowest BCUT2D eigenvalue weighted by atomic mass is 9.95. The summed E-state index contributed by atoms with van der Waals surface area (Å²) in [4.78, 5) is 31.4. The molecule has 3 aliphatic rings. The normalized spacial score (nSPS) is 21.6. The maximum Gasteiger partial charge on any atom is 0.317 e. The fourth-order valence-corrected chi connectivity index (χ4v) is 4.21. The monoisotopic (exact) mass is 384 g/mol. The van der Waals surface area contributed by atoms with E-state index in [1.165, 1.54) is 5.56 Å². The van der Waals surface area contributed by atoms with Gasteiger partial charge in [0.2, 0.25) is 5.91 Å². The van der Waals surface area contributed by atoms with Crippen LogP contribution in [0.25, 0.3) is 0 Å². The molecule has 0 radical (unpaired) electrons. The predicted molar refractivity (Wildman–Crippen MR) is 109 cm³/mol. The van der Waals surface area contributed by atoms with E-state index in [2.05, 4.69) is 40.5 Å². The van der Waals surface area contributed by atoms with E-state index in [-0.39, 0.29) is 11.9 Å². The van der Waals surface area contributed by atoms with Gasteiger partial charge in [-0.1, -0.05) is 30.3 Å². The summed E-state index contributed by atoms with van der Waals surface area (Å²) in [5.41, 5.74) is 1.37. The Morgan fingerprint density at radius 3 is 2.18 bits per heavy atom. The van der Waals surface area contributed by atoms with Crippen LogP contribution in [-0.2, 0) is 11.2 Å². The Bertz CT molecular complexity index is 660. The number of piperazine rings is 1. The minimum Gasteiger partial charge on any atom is -0.340 e. The maximum absolute atomic E-state index is 12.9. The average molecular weight is 385 g/mol. The van der Waals surface area contributed by atoms with Gasteiger partial charge in [0.15, 0.2) is 0 Å². The lowest BCUT2D eigenvalue weighted by Crippen LogP contribution is -2.52. The molecule has 1 aliphatic carbocycles. The van der Waals surface area contributed by atoms with Crippen molar-refractivity contribution < 1.29 is 9.59 Å². The first kappa shape index (κ1) is 19.2. The van der Waals surface area contributed by atoms with Crippen LogP contribution in [0.5, 0.6) is 0 Å². The molecule has 1 N–H and O–H groups in total. The number of hydrogen-bond donors (Lipinski definition) is 1. The van der Waals surface area contributed by atoms with Crippen LogP contribution in [0.3, 0.4) is 0 Å². The van der Waals surface area contributed by atoms with E-state index in [0.717, 1.165) is 64.8 Å². The van der Waals surface area contributed by atoms with Crippen molar-refractivity contribution in [2.24, 2.45) is 5.92 Å². The van der Waals surface area contributed by atoms with Gasteiger partial charge in [0.25, 0.3) is 0 Å². The molecule has 4 rings (SSSR count). The number of hydrogen-bond acceptors (Lipinski definition) is 3. The Morgan fingerprint density at radius 2 is 1.54 bits per heavy atom. The number of likely N-dealkylation sites (tertiary alicyclic amines) is 1. The van der Waals surface area contributed by atoms with E-state index in [1.54, 1.807) is 0 Å². The van der Waals surface area contributed by atoms with Gasteiger partial charge in [-0.05, 0) is 37.7 Å². The van der Waals surface area contributed by atoms with Crippen LogP contribution >= 0.6 is 0 Å². The van der Waals surface area contributed by atoms with Gasteiger partial charge in [0.05, 0.1) is 0 Å². The Morgan fingerprint density at radius 1 is 0.857 bits per heavy atom. The topological polar surface area (TPSA) is 55.9 Å². The van der Waals surface area contributed by atoms with Crippen molar-refractivity contribution in [2.75, 3.05) is 45.8 Å². The number of carbonyl (C=O) groups is 2. The molecule has 28 heavy (non-hydrogen) atoms. The smallest absolute Gasteiger partial charge is 0.317 e. The molecule has 0 atom stereocenters. The Hall–Kier alpha value is -2.08. The molecule has 0 bridgehead atoms. The summed E-state index contributed by atoms with van der Waals surface area (Å²) in [5.74, 6) is 0.380. The SMILES string of the molecule is O=C(NC1CC1)N1CCC(C(=O)N2CCN(CCc3ccccc3)CC2)CC1. The number of carbonyl (C=O) groups excluding carboxylic acids is 2. The third-order valence-electron chi connectivity index (χ3n) is 6.28. The van der Waals surface area contributed by atoms with Crippen LogP contribution in [0, 0.1) is 5.92 Å². The highest BCUT2D eigenvalue weighted by atomic mass is 16.2. The van der Waals surface area contributed by atoms with Gasteiger partial charge in [-0.25, -0.2) is 4.79 Å². The second kappa shape index (κ2) is 8.95. The fourth-order valence-electron chi connectivity index (χ4n) is 4.21. The third kappa shape index (κ3) is 5.04. The molecule has 1 aromatic rings. The Balaban J connectivity index is 1.16. The van der Waals surface area contributed by atoms with E-state index in [4.69, 9.17) is 0 Å². The van der Waals surface area contributed by atoms with Crippen LogP contribution in [0.4, 0.5) is 4.79 Å². The Labute approximate surface area is 167 Å². The summed E-state index contributed by atoms with van der Waals surface area (Å²) in [6, 6.07) is 11.0. The lowest BCUT2D eigenvalue weighted by Gasteiger charge is -2.38. The molecule has 6 heteroatoms. The first-order chi connectivity index (χ1) is 13.7. The van der Waals surface area contributed by atoms with Gasteiger partial charge in [0, 0.05) is 57.8 Å². The van der Waals surface area contributed by atoms with Gasteiger partial charge in [0.1, 0.15) is 0 Å². The fraction of sp³-hybridized carbons (Fsp3) is 0.636. The molecule has 0 spiro atoms. The highest BCUT2D eigenvalue weighted by molar-refractivity contribution is 5.80. The summed E-state index contributed by atoms with van der Waals surface area (Å²) in [6.45, 7) is 6.03. The van der Waals surface area contributed by atoms with E-state index in [1.807, 2.05) is 9.80 Å². The molecule has 3 fully saturated rings. The second-order valence-corrected chi connectivity index (χ2v) is 8.39. The Kier molecular flexibility index (Phi) is 6.15. The molecule has 0 unspecified atom stereocenters. The van der Waals surface area contributed by atoms with Crippen molar-refractivity contribution >= 4 is 11.9 Å². The molecular weight excluding hydrogens is 352 g/mol. The summed E-state index contributed by atoms with van der Waals surface area (Å²) in [6.07, 6.45) is 4.88. The second-order valence-electron chi connectivity index (χ2n) is 8.39. The maximum atomic E-state index is 12.9. The summed E-state index contributed by atoms with van der Waals surface area (Å²) in [7, 11) is 0. The van der Waals surface area contributed by atoms with E-state index in [9.17, 15) is 9.59 Å². The highest BCUT2D eigenvalue weighted by Crippen LogP contribution is 2.23. The third-order valence-corrected chi connectivity index (χ3v) is 6.28. The molecule has 2 saturated heterocycles. The number of urea groups is 1. The number of piperidine rings is 1. The quantitative estimate of drug-likeness (QED) is 0.844. The minimum absolute atomic E-state index is 0.0560. The van der Waals surface area contributed by atoms with Crippen LogP contribution in [0.15, 0.2) is 30.3 Å². The number of rotatable bonds is 5. The molecule has 1 aromatic carbocycles. The molecular formula is C22H32N4O2. The summed E-state index contributed by atoms with van der Waals surface area (Å²) in [5, 5.41) is 3.05. The van der Waals surface area contributed by atoms with Crippen LogP contribution in [-0.4, -0.2) is 78.5 Å². The van der Waals surface area contributed by atoms with Gasteiger partial charge in [-0.2, -0.15) is 0 Å². The zero-order valence-electron chi connectivity index (χ0n) is 16.7. The first-order valence-electron chi connectivity index (χ1n) is 10.8. The van der Waals surface area contributed by atoms with Gasteiger partial charge >= 0.3 is 6.03 Å². The zero-order valence-corrected chi connectivity index (χ0v) is 16.7. The van der Waals surface area contributed by atoms with E-state index < -0.39 is 0 Å². The highest BCUT2D eigenvalue weighted by Gasteiger charge is 2.33. The molecule has 152 valence electrons. The standard InChI is InChI=1S/C22H32N4O2/c27-21(19-9-12-26(13-10-19)22(28)23-20-6-7-20)25-16-14-24(15-17-25)11-8-18-4-2-1-3-5-18/h1-5,19-20H,6-17H2,(H,23,28). The molecule has 2 heterocycles. The van der Waals surface area contributed by atoms with E-state index in [0.29, 0.717) is 25.0 Å². The molecule has 1 saturated carbocycles. The number of nitrogens with one attached hydrogen (secondary N) is 1. The summed E-state index contributed by atoms with van der Waals surface area (Å²) >= 11 is 0. The number of nitrogens with zero attached hydrogens (tertiary/aromatic N) is 3.